The molecule has 2 aromatic carbocycles. The molecule has 0 N–H and O–H groups in total. The molecule has 23 heavy (non-hydrogen) atoms. The molecule has 0 saturated heterocycles. The van der Waals surface area contributed by atoms with Gasteiger partial charge in [-0.1, -0.05) is 37.6 Å². The van der Waals surface area contributed by atoms with E-state index in [9.17, 15) is 0 Å². The molecule has 121 valence electrons. The van der Waals surface area contributed by atoms with Crippen LogP contribution in [0.4, 0.5) is 0 Å². The summed E-state index contributed by atoms with van der Waals surface area (Å²) in [6.45, 7) is 8.90. The molecule has 1 heterocycles. The van der Waals surface area contributed by atoms with E-state index >= 15 is 0 Å². The molecule has 0 aliphatic carbocycles. The third kappa shape index (κ3) is 3.64. The second-order valence-corrected chi connectivity index (χ2v) is 7.44. The zero-order chi connectivity index (χ0) is 16.6. The first-order valence-corrected chi connectivity index (χ1v) is 8.37. The lowest BCUT2D eigenvalue weighted by atomic mass is 10.0. The summed E-state index contributed by atoms with van der Waals surface area (Å²) in [7, 11) is 0. The molecule has 1 aliphatic rings. The highest BCUT2D eigenvalue weighted by atomic mass is 35.5. The summed E-state index contributed by atoms with van der Waals surface area (Å²) in [4.78, 5) is 0. The number of hydrogen-bond donors (Lipinski definition) is 0. The monoisotopic (exact) mass is 329 g/mol. The van der Waals surface area contributed by atoms with Crippen molar-refractivity contribution in [3.8, 4) is 11.5 Å². The van der Waals surface area contributed by atoms with E-state index in [0.717, 1.165) is 39.6 Å². The molecule has 3 heteroatoms. The fourth-order valence-corrected chi connectivity index (χ4v) is 3.16. The number of benzene rings is 2. The molecule has 1 aliphatic heterocycles. The first kappa shape index (κ1) is 16.2. The Morgan fingerprint density at radius 3 is 2.83 bits per heavy atom. The Hall–Kier alpha value is -1.67. The fourth-order valence-electron chi connectivity index (χ4n) is 2.89. The van der Waals surface area contributed by atoms with E-state index in [1.165, 1.54) is 0 Å². The van der Waals surface area contributed by atoms with Crippen LogP contribution < -0.4 is 9.47 Å². The Morgan fingerprint density at radius 2 is 2.09 bits per heavy atom. The van der Waals surface area contributed by atoms with Crippen LogP contribution in [0.15, 0.2) is 30.3 Å². The van der Waals surface area contributed by atoms with Crippen LogP contribution in [0.2, 0.25) is 5.02 Å². The molecule has 0 aromatic heterocycles. The maximum absolute atomic E-state index is 6.25. The second kappa shape index (κ2) is 6.09. The average molecular weight is 330 g/mol. The van der Waals surface area contributed by atoms with Gasteiger partial charge in [-0.05, 0) is 49.1 Å². The Labute approximate surface area is 143 Å². The average Bonchev–Trinajstić information content (AvgIpc) is 2.79. The van der Waals surface area contributed by atoms with Crippen molar-refractivity contribution in [1.82, 2.24) is 0 Å². The van der Waals surface area contributed by atoms with Gasteiger partial charge in [0.15, 0.2) is 0 Å². The Kier molecular flexibility index (Phi) is 4.29. The molecule has 0 amide bonds. The number of ether oxygens (including phenoxy) is 2. The molecule has 0 saturated carbocycles. The van der Waals surface area contributed by atoms with Crippen molar-refractivity contribution in [1.29, 1.82) is 0 Å². The van der Waals surface area contributed by atoms with Crippen molar-refractivity contribution in [2.24, 2.45) is 0 Å². The minimum atomic E-state index is -0.189. The first-order valence-electron chi connectivity index (χ1n) is 7.99. The van der Waals surface area contributed by atoms with Crippen LogP contribution >= 0.6 is 11.6 Å². The molecule has 0 unspecified atom stereocenters. The molecule has 0 atom stereocenters. The standard InChI is InChI=1S/C20H22ClO2/c1-13(2)14-6-5-7-18(10-14)22-12-16-9-17(21)8-15-11-20(3,4)23-19(15)16/h5-9,13H,11-12H2,1-4H3. The quantitative estimate of drug-likeness (QED) is 0.731. The van der Waals surface area contributed by atoms with Crippen molar-refractivity contribution < 1.29 is 9.47 Å². The molecule has 2 aromatic rings. The number of halogens is 1. The highest BCUT2D eigenvalue weighted by Crippen LogP contribution is 2.40. The fraction of sp³-hybridized carbons (Fsp3) is 0.400. The summed E-state index contributed by atoms with van der Waals surface area (Å²) >= 11 is 6.25. The molecule has 0 spiro atoms. The van der Waals surface area contributed by atoms with Gasteiger partial charge >= 0.3 is 0 Å². The van der Waals surface area contributed by atoms with Crippen molar-refractivity contribution in [2.45, 2.75) is 52.2 Å². The van der Waals surface area contributed by atoms with E-state index in [1.54, 1.807) is 0 Å². The topological polar surface area (TPSA) is 18.5 Å². The van der Waals surface area contributed by atoms with Gasteiger partial charge in [0.25, 0.3) is 0 Å². The zero-order valence-corrected chi connectivity index (χ0v) is 14.8. The maximum atomic E-state index is 6.25. The van der Waals surface area contributed by atoms with Crippen molar-refractivity contribution in [2.75, 3.05) is 0 Å². The van der Waals surface area contributed by atoms with E-state index in [1.807, 2.05) is 24.3 Å². The third-order valence-corrected chi connectivity index (χ3v) is 4.22. The molecule has 0 fully saturated rings. The summed E-state index contributed by atoms with van der Waals surface area (Å²) in [5.74, 6) is 2.10. The van der Waals surface area contributed by atoms with Gasteiger partial charge in [-0.25, -0.2) is 0 Å². The summed E-state index contributed by atoms with van der Waals surface area (Å²) in [5, 5.41) is 0.726. The molecule has 2 nitrogen and oxygen atoms in total. The summed E-state index contributed by atoms with van der Waals surface area (Å²) < 4.78 is 12.0. The number of hydrogen-bond acceptors (Lipinski definition) is 2. The zero-order valence-electron chi connectivity index (χ0n) is 14.1. The van der Waals surface area contributed by atoms with Gasteiger partial charge in [-0.3, -0.25) is 0 Å². The van der Waals surface area contributed by atoms with Gasteiger partial charge < -0.3 is 9.47 Å². The van der Waals surface area contributed by atoms with Gasteiger partial charge in [0, 0.05) is 23.1 Å². The van der Waals surface area contributed by atoms with Gasteiger partial charge in [-0.15, -0.1) is 0 Å². The Morgan fingerprint density at radius 1 is 1.30 bits per heavy atom. The third-order valence-electron chi connectivity index (χ3n) is 4.00. The smallest absolute Gasteiger partial charge is 0.130 e. The van der Waals surface area contributed by atoms with Gasteiger partial charge in [0.1, 0.15) is 23.7 Å². The predicted octanol–water partition coefficient (Wildman–Crippen LogP) is 5.56. The van der Waals surface area contributed by atoms with Crippen LogP contribution in [-0.2, 0) is 13.0 Å². The molecular weight excluding hydrogens is 308 g/mol. The van der Waals surface area contributed by atoms with Crippen LogP contribution in [-0.4, -0.2) is 5.60 Å². The van der Waals surface area contributed by atoms with E-state index < -0.39 is 0 Å². The molecular formula is C20H22ClO2. The van der Waals surface area contributed by atoms with Crippen molar-refractivity contribution in [3.05, 3.63) is 58.1 Å². The number of fused-ring (bicyclic) bond motifs is 1. The minimum absolute atomic E-state index is 0.189. The molecule has 0 bridgehead atoms. The van der Waals surface area contributed by atoms with Crippen LogP contribution in [0.25, 0.3) is 0 Å². The highest BCUT2D eigenvalue weighted by Gasteiger charge is 2.32. The van der Waals surface area contributed by atoms with Crippen molar-refractivity contribution in [3.63, 3.8) is 0 Å². The van der Waals surface area contributed by atoms with Crippen LogP contribution in [0.1, 0.15) is 50.3 Å². The lowest BCUT2D eigenvalue weighted by Gasteiger charge is -2.18. The van der Waals surface area contributed by atoms with Gasteiger partial charge in [0.2, 0.25) is 0 Å². The summed E-state index contributed by atoms with van der Waals surface area (Å²) in [6.07, 6.45) is 0.866. The SMILES string of the molecule is CC(C)c1[c]c(OCc2cc(Cl)cc3c2OC(C)(C)C3)ccc1. The second-order valence-electron chi connectivity index (χ2n) is 7.01. The van der Waals surface area contributed by atoms with Gasteiger partial charge in [0.05, 0.1) is 0 Å². The Bertz CT molecular complexity index is 720. The number of rotatable bonds is 4. The van der Waals surface area contributed by atoms with E-state index in [2.05, 4.69) is 39.8 Å². The first-order chi connectivity index (χ1) is 10.8. The van der Waals surface area contributed by atoms with E-state index in [4.69, 9.17) is 21.1 Å². The van der Waals surface area contributed by atoms with E-state index in [0.29, 0.717) is 12.5 Å². The predicted molar refractivity (Wildman–Crippen MR) is 93.6 cm³/mol. The minimum Gasteiger partial charge on any atom is -0.488 e. The summed E-state index contributed by atoms with van der Waals surface area (Å²) in [5.41, 5.74) is 3.10. The lowest BCUT2D eigenvalue weighted by Crippen LogP contribution is -2.25. The van der Waals surface area contributed by atoms with E-state index in [-0.39, 0.29) is 5.60 Å². The van der Waals surface area contributed by atoms with Gasteiger partial charge in [-0.2, -0.15) is 0 Å². The lowest BCUT2D eigenvalue weighted by molar-refractivity contribution is 0.135. The molecule has 1 radical (unpaired) electrons. The molecule has 3 rings (SSSR count). The van der Waals surface area contributed by atoms with Crippen LogP contribution in [0.5, 0.6) is 11.5 Å². The largest absolute Gasteiger partial charge is 0.488 e. The van der Waals surface area contributed by atoms with Crippen LogP contribution in [0, 0.1) is 6.07 Å². The summed E-state index contributed by atoms with van der Waals surface area (Å²) in [6, 6.07) is 13.2. The maximum Gasteiger partial charge on any atom is 0.130 e. The van der Waals surface area contributed by atoms with Crippen LogP contribution in [0.3, 0.4) is 0 Å². The normalized spacial score (nSPS) is 15.4. The highest BCUT2D eigenvalue weighted by molar-refractivity contribution is 6.30. The van der Waals surface area contributed by atoms with Crippen molar-refractivity contribution >= 4 is 11.6 Å². The Balaban J connectivity index is 1.81.